The van der Waals surface area contributed by atoms with Crippen LogP contribution in [0.5, 0.6) is 0 Å². The summed E-state index contributed by atoms with van der Waals surface area (Å²) in [5.74, 6) is 0.633. The fourth-order valence-corrected chi connectivity index (χ4v) is 2.26. The number of nitrogens with zero attached hydrogens (tertiary/aromatic N) is 1. The Bertz CT molecular complexity index is 772. The number of fused-ring (bicyclic) bond motifs is 1. The van der Waals surface area contributed by atoms with Gasteiger partial charge in [-0.2, -0.15) is 0 Å². The van der Waals surface area contributed by atoms with Gasteiger partial charge in [0.25, 0.3) is 0 Å². The molecule has 0 saturated heterocycles. The Kier molecular flexibility index (Phi) is 2.56. The molecular weight excluding hydrogens is 236 g/mol. The third-order valence-corrected chi connectivity index (χ3v) is 3.46. The summed E-state index contributed by atoms with van der Waals surface area (Å²) in [6, 6.07) is 9.88. The zero-order valence-electron chi connectivity index (χ0n) is 11.3. The number of hydrogen-bond acceptors (Lipinski definition) is 3. The van der Waals surface area contributed by atoms with E-state index in [9.17, 15) is 0 Å². The van der Waals surface area contributed by atoms with Gasteiger partial charge in [0.1, 0.15) is 5.52 Å². The largest absolute Gasteiger partial charge is 0.436 e. The second-order valence-corrected chi connectivity index (χ2v) is 5.00. The third kappa shape index (κ3) is 1.97. The molecule has 3 rings (SSSR count). The van der Waals surface area contributed by atoms with Crippen molar-refractivity contribution < 1.29 is 4.42 Å². The molecule has 0 aliphatic carbocycles. The van der Waals surface area contributed by atoms with Gasteiger partial charge in [0.15, 0.2) is 5.58 Å². The summed E-state index contributed by atoms with van der Waals surface area (Å²) < 4.78 is 5.83. The first-order chi connectivity index (χ1) is 9.04. The Balaban J connectivity index is 2.24. The number of aromatic nitrogens is 1. The van der Waals surface area contributed by atoms with Crippen molar-refractivity contribution in [1.82, 2.24) is 4.98 Å². The number of aryl methyl sites for hydroxylation is 2. The minimum Gasteiger partial charge on any atom is -0.436 e. The average molecular weight is 252 g/mol. The van der Waals surface area contributed by atoms with Crippen LogP contribution in [0.4, 0.5) is 5.69 Å². The normalized spacial score (nSPS) is 11.1. The van der Waals surface area contributed by atoms with Crippen LogP contribution in [0.15, 0.2) is 34.7 Å². The molecule has 3 nitrogen and oxygen atoms in total. The van der Waals surface area contributed by atoms with Crippen molar-refractivity contribution >= 4 is 16.8 Å². The maximum Gasteiger partial charge on any atom is 0.227 e. The quantitative estimate of drug-likeness (QED) is 0.666. The van der Waals surface area contributed by atoms with Gasteiger partial charge < -0.3 is 10.2 Å². The van der Waals surface area contributed by atoms with Crippen molar-refractivity contribution in [3.63, 3.8) is 0 Å². The Morgan fingerprint density at radius 2 is 1.84 bits per heavy atom. The van der Waals surface area contributed by atoms with Gasteiger partial charge in [-0.25, -0.2) is 4.98 Å². The van der Waals surface area contributed by atoms with Crippen LogP contribution in [-0.4, -0.2) is 4.98 Å². The molecule has 0 unspecified atom stereocenters. The second kappa shape index (κ2) is 4.12. The van der Waals surface area contributed by atoms with E-state index < -0.39 is 0 Å². The summed E-state index contributed by atoms with van der Waals surface area (Å²) in [4.78, 5) is 4.56. The molecule has 0 fully saturated rings. The molecule has 2 aromatic carbocycles. The number of oxazole rings is 1. The molecule has 0 radical (unpaired) electrons. The summed E-state index contributed by atoms with van der Waals surface area (Å²) in [6.45, 7) is 6.15. The lowest BCUT2D eigenvalue weighted by atomic mass is 10.0. The molecule has 19 heavy (non-hydrogen) atoms. The first-order valence-corrected chi connectivity index (χ1v) is 6.29. The van der Waals surface area contributed by atoms with Crippen molar-refractivity contribution in [3.8, 4) is 11.5 Å². The van der Waals surface area contributed by atoms with E-state index in [1.165, 1.54) is 5.56 Å². The number of anilines is 1. The van der Waals surface area contributed by atoms with Crippen LogP contribution < -0.4 is 5.73 Å². The molecule has 0 amide bonds. The van der Waals surface area contributed by atoms with Crippen LogP contribution in [0.3, 0.4) is 0 Å². The number of nitrogen functional groups attached to an aromatic ring is 1. The fraction of sp³-hybridized carbons (Fsp3) is 0.188. The number of nitrogens with two attached hydrogens (primary N) is 1. The van der Waals surface area contributed by atoms with E-state index in [0.29, 0.717) is 5.89 Å². The monoisotopic (exact) mass is 252 g/mol. The zero-order chi connectivity index (χ0) is 13.6. The molecule has 1 aromatic heterocycles. The van der Waals surface area contributed by atoms with Gasteiger partial charge in [0.2, 0.25) is 5.89 Å². The van der Waals surface area contributed by atoms with E-state index in [1.54, 1.807) is 0 Å². The summed E-state index contributed by atoms with van der Waals surface area (Å²) in [6.07, 6.45) is 0. The van der Waals surface area contributed by atoms with E-state index in [4.69, 9.17) is 10.2 Å². The van der Waals surface area contributed by atoms with Crippen LogP contribution in [0.2, 0.25) is 0 Å². The van der Waals surface area contributed by atoms with Crippen molar-refractivity contribution in [3.05, 3.63) is 47.0 Å². The topological polar surface area (TPSA) is 52.0 Å². The standard InChI is InChI=1S/C16H16N2O/c1-9-4-5-15-14(6-9)18-16(19-15)13-8-12(17)7-10(2)11(13)3/h4-8H,17H2,1-3H3. The third-order valence-electron chi connectivity index (χ3n) is 3.46. The lowest BCUT2D eigenvalue weighted by Crippen LogP contribution is -1.92. The summed E-state index contributed by atoms with van der Waals surface area (Å²) in [7, 11) is 0. The van der Waals surface area contributed by atoms with E-state index in [2.05, 4.69) is 11.9 Å². The van der Waals surface area contributed by atoms with E-state index in [1.807, 2.05) is 44.2 Å². The summed E-state index contributed by atoms with van der Waals surface area (Å²) in [5, 5.41) is 0. The van der Waals surface area contributed by atoms with Crippen LogP contribution in [0, 0.1) is 20.8 Å². The summed E-state index contributed by atoms with van der Waals surface area (Å²) >= 11 is 0. The lowest BCUT2D eigenvalue weighted by molar-refractivity contribution is 0.619. The Morgan fingerprint density at radius 3 is 2.63 bits per heavy atom. The fourth-order valence-electron chi connectivity index (χ4n) is 2.26. The van der Waals surface area contributed by atoms with Crippen LogP contribution in [0.1, 0.15) is 16.7 Å². The van der Waals surface area contributed by atoms with Crippen molar-refractivity contribution in [2.45, 2.75) is 20.8 Å². The average Bonchev–Trinajstić information content (AvgIpc) is 2.76. The minimum atomic E-state index is 0.633. The molecule has 0 spiro atoms. The summed E-state index contributed by atoms with van der Waals surface area (Å²) in [5.41, 5.74) is 12.8. The molecular formula is C16H16N2O. The number of hydrogen-bond donors (Lipinski definition) is 1. The lowest BCUT2D eigenvalue weighted by Gasteiger charge is -2.06. The molecule has 0 saturated carbocycles. The van der Waals surface area contributed by atoms with Crippen molar-refractivity contribution in [2.75, 3.05) is 5.73 Å². The molecule has 2 N–H and O–H groups in total. The molecule has 3 heteroatoms. The van der Waals surface area contributed by atoms with Crippen LogP contribution >= 0.6 is 0 Å². The Labute approximate surface area is 112 Å². The van der Waals surface area contributed by atoms with Crippen molar-refractivity contribution in [1.29, 1.82) is 0 Å². The van der Waals surface area contributed by atoms with Crippen LogP contribution in [0.25, 0.3) is 22.6 Å². The maximum atomic E-state index is 5.91. The number of rotatable bonds is 1. The Hall–Kier alpha value is -2.29. The van der Waals surface area contributed by atoms with Crippen molar-refractivity contribution in [2.24, 2.45) is 0 Å². The van der Waals surface area contributed by atoms with Gasteiger partial charge in [0, 0.05) is 11.3 Å². The molecule has 96 valence electrons. The zero-order valence-corrected chi connectivity index (χ0v) is 11.3. The predicted octanol–water partition coefficient (Wildman–Crippen LogP) is 4.00. The minimum absolute atomic E-state index is 0.633. The van der Waals surface area contributed by atoms with Gasteiger partial charge in [0.05, 0.1) is 0 Å². The van der Waals surface area contributed by atoms with E-state index in [-0.39, 0.29) is 0 Å². The maximum absolute atomic E-state index is 5.91. The Morgan fingerprint density at radius 1 is 1.05 bits per heavy atom. The van der Waals surface area contributed by atoms with E-state index >= 15 is 0 Å². The molecule has 0 aliphatic heterocycles. The molecule has 3 aromatic rings. The van der Waals surface area contributed by atoms with Gasteiger partial charge in [-0.3, -0.25) is 0 Å². The molecule has 0 aliphatic rings. The SMILES string of the molecule is Cc1ccc2oc(-c3cc(N)cc(C)c3C)nc2c1. The number of benzene rings is 2. The first-order valence-electron chi connectivity index (χ1n) is 6.29. The smallest absolute Gasteiger partial charge is 0.227 e. The van der Waals surface area contributed by atoms with Gasteiger partial charge in [-0.1, -0.05) is 6.07 Å². The van der Waals surface area contributed by atoms with Gasteiger partial charge in [-0.15, -0.1) is 0 Å². The molecule has 0 bridgehead atoms. The molecule has 1 heterocycles. The highest BCUT2D eigenvalue weighted by molar-refractivity contribution is 5.78. The van der Waals surface area contributed by atoms with Gasteiger partial charge >= 0.3 is 0 Å². The highest BCUT2D eigenvalue weighted by Gasteiger charge is 2.12. The highest BCUT2D eigenvalue weighted by Crippen LogP contribution is 2.30. The first kappa shape index (κ1) is 11.8. The second-order valence-electron chi connectivity index (χ2n) is 5.00. The molecule has 0 atom stereocenters. The van der Waals surface area contributed by atoms with Gasteiger partial charge in [-0.05, 0) is 61.7 Å². The van der Waals surface area contributed by atoms with E-state index in [0.717, 1.165) is 33.5 Å². The highest BCUT2D eigenvalue weighted by atomic mass is 16.3. The van der Waals surface area contributed by atoms with Crippen LogP contribution in [-0.2, 0) is 0 Å². The predicted molar refractivity (Wildman–Crippen MR) is 78.1 cm³/mol.